The minimum atomic E-state index is -1.97. The maximum absolute atomic E-state index is 12.4. The van der Waals surface area contributed by atoms with Crippen LogP contribution in [0.25, 0.3) is 0 Å². The summed E-state index contributed by atoms with van der Waals surface area (Å²) in [6.45, 7) is 18.7. The summed E-state index contributed by atoms with van der Waals surface area (Å²) < 4.78 is 11.6. The molecule has 6 nitrogen and oxygen atoms in total. The number of ether oxygens (including phenoxy) is 1. The predicted molar refractivity (Wildman–Crippen MR) is 118 cm³/mol. The molecule has 2 fully saturated rings. The van der Waals surface area contributed by atoms with E-state index >= 15 is 0 Å². The molecule has 164 valence electrons. The minimum absolute atomic E-state index is 0.0266. The van der Waals surface area contributed by atoms with Gasteiger partial charge in [0.2, 0.25) is 5.91 Å². The average molecular weight is 423 g/mol. The number of hydrogen-bond donors (Lipinski definition) is 1. The molecule has 29 heavy (non-hydrogen) atoms. The first-order chi connectivity index (χ1) is 13.5. The fourth-order valence-electron chi connectivity index (χ4n) is 3.72. The molecule has 1 amide bonds. The topological polar surface area (TPSA) is 67.9 Å². The van der Waals surface area contributed by atoms with Crippen LogP contribution in [0.15, 0.2) is 24.4 Å². The van der Waals surface area contributed by atoms with Crippen molar-refractivity contribution >= 4 is 20.2 Å². The van der Waals surface area contributed by atoms with E-state index in [1.54, 1.807) is 12.2 Å². The van der Waals surface area contributed by atoms with Gasteiger partial charge in [0, 0.05) is 37.3 Å². The predicted octanol–water partition coefficient (Wildman–Crippen LogP) is 3.61. The molecule has 0 bridgehead atoms. The second-order valence-corrected chi connectivity index (χ2v) is 14.4. The number of carbonyl (C=O) groups is 2. The molecule has 0 aromatic carbocycles. The van der Waals surface area contributed by atoms with Crippen LogP contribution < -0.4 is 5.32 Å². The number of nitrogens with zero attached hydrogens (tertiary/aromatic N) is 1. The van der Waals surface area contributed by atoms with Gasteiger partial charge in [-0.15, -0.1) is 0 Å². The van der Waals surface area contributed by atoms with E-state index in [0.29, 0.717) is 6.42 Å². The molecule has 0 aromatic heterocycles. The molecular formula is C22H38N2O4Si. The van der Waals surface area contributed by atoms with Gasteiger partial charge in [-0.2, -0.15) is 0 Å². The Morgan fingerprint density at radius 1 is 1.34 bits per heavy atom. The van der Waals surface area contributed by atoms with Crippen molar-refractivity contribution in [3.05, 3.63) is 24.4 Å². The highest BCUT2D eigenvalue weighted by Crippen LogP contribution is 2.39. The van der Waals surface area contributed by atoms with E-state index in [4.69, 9.17) is 9.16 Å². The monoisotopic (exact) mass is 422 g/mol. The van der Waals surface area contributed by atoms with Crippen molar-refractivity contribution in [2.45, 2.75) is 77.2 Å². The Kier molecular flexibility index (Phi) is 7.73. The van der Waals surface area contributed by atoms with Gasteiger partial charge in [0.05, 0.1) is 12.0 Å². The molecule has 2 rings (SSSR count). The van der Waals surface area contributed by atoms with Crippen LogP contribution in [0.1, 0.15) is 47.0 Å². The molecule has 0 aliphatic carbocycles. The standard InChI is InChI=1S/C22H38N2O4Si/c1-8-13-27-19(25)15-17(24-11-9-10-12-24)14-18-20(21(26)23-18)16(2)28-29(6,7)22(3,4)5/h8,15-16,18,20H,1,9-14H2,2-7H3,(H,23,26)/t16-,18-,20-/m1/s1. The normalized spacial score (nSPS) is 24.0. The van der Waals surface area contributed by atoms with Gasteiger partial charge in [-0.05, 0) is 37.9 Å². The Morgan fingerprint density at radius 2 is 1.97 bits per heavy atom. The molecule has 2 heterocycles. The van der Waals surface area contributed by atoms with Crippen molar-refractivity contribution in [2.24, 2.45) is 5.92 Å². The van der Waals surface area contributed by atoms with Crippen LogP contribution in [0, 0.1) is 5.92 Å². The van der Waals surface area contributed by atoms with Gasteiger partial charge in [-0.25, -0.2) is 4.79 Å². The second kappa shape index (κ2) is 9.47. The van der Waals surface area contributed by atoms with Crippen LogP contribution in [0.5, 0.6) is 0 Å². The zero-order valence-electron chi connectivity index (χ0n) is 18.9. The van der Waals surface area contributed by atoms with Crippen molar-refractivity contribution in [1.82, 2.24) is 10.2 Å². The van der Waals surface area contributed by atoms with Crippen LogP contribution in [-0.4, -0.2) is 56.9 Å². The Labute approximate surface area is 176 Å². The lowest BCUT2D eigenvalue weighted by Crippen LogP contribution is -2.64. The Balaban J connectivity index is 2.10. The molecule has 2 aliphatic heterocycles. The van der Waals surface area contributed by atoms with Crippen molar-refractivity contribution in [3.8, 4) is 0 Å². The van der Waals surface area contributed by atoms with Crippen LogP contribution in [0.2, 0.25) is 18.1 Å². The second-order valence-electron chi connectivity index (χ2n) is 9.68. The number of β-lactam (4-membered cyclic amide) rings is 1. The number of rotatable bonds is 9. The van der Waals surface area contributed by atoms with Crippen molar-refractivity contribution in [1.29, 1.82) is 0 Å². The van der Waals surface area contributed by atoms with Crippen LogP contribution >= 0.6 is 0 Å². The van der Waals surface area contributed by atoms with Gasteiger partial charge in [0.1, 0.15) is 6.61 Å². The van der Waals surface area contributed by atoms with Crippen molar-refractivity contribution in [2.75, 3.05) is 19.7 Å². The van der Waals surface area contributed by atoms with E-state index in [0.717, 1.165) is 31.6 Å². The van der Waals surface area contributed by atoms with E-state index in [9.17, 15) is 9.59 Å². The third-order valence-electron chi connectivity index (χ3n) is 6.43. The summed E-state index contributed by atoms with van der Waals surface area (Å²) in [5, 5.41) is 3.12. The number of likely N-dealkylation sites (tertiary alicyclic amines) is 1. The van der Waals surface area contributed by atoms with Crippen LogP contribution in [0.4, 0.5) is 0 Å². The van der Waals surface area contributed by atoms with E-state index < -0.39 is 8.32 Å². The summed E-state index contributed by atoms with van der Waals surface area (Å²) in [4.78, 5) is 26.8. The summed E-state index contributed by atoms with van der Waals surface area (Å²) in [5.41, 5.74) is 0.936. The van der Waals surface area contributed by atoms with E-state index in [1.165, 1.54) is 0 Å². The van der Waals surface area contributed by atoms with Crippen LogP contribution in [0.3, 0.4) is 0 Å². The Bertz CT molecular complexity index is 648. The fourth-order valence-corrected chi connectivity index (χ4v) is 5.15. The highest BCUT2D eigenvalue weighted by atomic mass is 28.4. The molecule has 7 heteroatoms. The summed E-state index contributed by atoms with van der Waals surface area (Å²) in [6.07, 6.45) is 5.83. The SMILES string of the molecule is C=CCOC(=O)C=C(C[C@H]1NC(=O)[C@@H]1[C@@H](C)O[Si](C)(C)C(C)(C)C)N1CCCC1. The molecule has 3 atom stereocenters. The van der Waals surface area contributed by atoms with Crippen LogP contribution in [-0.2, 0) is 18.8 Å². The Hall–Kier alpha value is -1.60. The maximum Gasteiger partial charge on any atom is 0.332 e. The van der Waals surface area contributed by atoms with E-state index in [1.807, 2.05) is 6.92 Å². The number of esters is 1. The van der Waals surface area contributed by atoms with Gasteiger partial charge in [0.25, 0.3) is 0 Å². The summed E-state index contributed by atoms with van der Waals surface area (Å²) >= 11 is 0. The number of nitrogens with one attached hydrogen (secondary N) is 1. The molecule has 2 aliphatic rings. The molecule has 0 spiro atoms. The highest BCUT2D eigenvalue weighted by Gasteiger charge is 2.47. The number of hydrogen-bond acceptors (Lipinski definition) is 5. The van der Waals surface area contributed by atoms with Gasteiger partial charge >= 0.3 is 5.97 Å². The lowest BCUT2D eigenvalue weighted by molar-refractivity contribution is -0.140. The smallest absolute Gasteiger partial charge is 0.332 e. The lowest BCUT2D eigenvalue weighted by Gasteiger charge is -2.46. The molecular weight excluding hydrogens is 384 g/mol. The number of amides is 1. The average Bonchev–Trinajstić information content (AvgIpc) is 3.11. The lowest BCUT2D eigenvalue weighted by atomic mass is 9.83. The highest BCUT2D eigenvalue weighted by molar-refractivity contribution is 6.74. The molecule has 2 saturated heterocycles. The zero-order valence-corrected chi connectivity index (χ0v) is 19.9. The summed E-state index contributed by atoms with van der Waals surface area (Å²) in [5.74, 6) is -0.518. The van der Waals surface area contributed by atoms with Crippen molar-refractivity contribution in [3.63, 3.8) is 0 Å². The van der Waals surface area contributed by atoms with Gasteiger partial charge in [-0.1, -0.05) is 33.4 Å². The third kappa shape index (κ3) is 5.95. The number of carbonyl (C=O) groups excluding carboxylic acids is 2. The van der Waals surface area contributed by atoms with E-state index in [2.05, 4.69) is 50.7 Å². The summed E-state index contributed by atoms with van der Waals surface area (Å²) in [6, 6.07) is -0.0266. The Morgan fingerprint density at radius 3 is 2.48 bits per heavy atom. The molecule has 0 saturated carbocycles. The van der Waals surface area contributed by atoms with Gasteiger partial charge in [-0.3, -0.25) is 4.79 Å². The molecule has 0 aromatic rings. The quantitative estimate of drug-likeness (QED) is 0.202. The first-order valence-corrected chi connectivity index (χ1v) is 13.6. The first-order valence-electron chi connectivity index (χ1n) is 10.7. The minimum Gasteiger partial charge on any atom is -0.458 e. The van der Waals surface area contributed by atoms with Crippen molar-refractivity contribution < 1.29 is 18.8 Å². The van der Waals surface area contributed by atoms with Gasteiger partial charge < -0.3 is 19.4 Å². The molecule has 0 radical (unpaired) electrons. The molecule has 0 unspecified atom stereocenters. The van der Waals surface area contributed by atoms with E-state index in [-0.39, 0.29) is 41.6 Å². The fraction of sp³-hybridized carbons (Fsp3) is 0.727. The molecule has 1 N–H and O–H groups in total. The summed E-state index contributed by atoms with van der Waals surface area (Å²) in [7, 11) is -1.97. The first kappa shape index (κ1) is 23.7. The van der Waals surface area contributed by atoms with Gasteiger partial charge in [0.15, 0.2) is 8.32 Å². The maximum atomic E-state index is 12.4. The zero-order chi connectivity index (χ0) is 21.8. The third-order valence-corrected chi connectivity index (χ3v) is 11.0. The largest absolute Gasteiger partial charge is 0.458 e.